The highest BCUT2D eigenvalue weighted by Gasteiger charge is 2.38. The molecule has 0 radical (unpaired) electrons. The van der Waals surface area contributed by atoms with Gasteiger partial charge in [-0.3, -0.25) is 9.59 Å². The first-order valence-electron chi connectivity index (χ1n) is 8.60. The number of rotatable bonds is 5. The SMILES string of the molecule is COC(=O)COc1ccc(/C(OC)=C2\C(=O)N(C(C)=O)c3cc(F)ccc32)cc1. The molecule has 150 valence electrons. The lowest BCUT2D eigenvalue weighted by Crippen LogP contribution is -2.31. The van der Waals surface area contributed by atoms with Gasteiger partial charge in [0.05, 0.1) is 25.5 Å². The lowest BCUT2D eigenvalue weighted by atomic mass is 10.0. The number of anilines is 1. The monoisotopic (exact) mass is 399 g/mol. The average molecular weight is 399 g/mol. The molecule has 7 nitrogen and oxygen atoms in total. The molecule has 2 aromatic carbocycles. The second-order valence-corrected chi connectivity index (χ2v) is 6.12. The zero-order valence-corrected chi connectivity index (χ0v) is 16.0. The minimum Gasteiger partial charge on any atom is -0.495 e. The summed E-state index contributed by atoms with van der Waals surface area (Å²) in [5.74, 6) is -1.55. The molecule has 0 N–H and O–H groups in total. The number of ether oxygens (including phenoxy) is 3. The summed E-state index contributed by atoms with van der Waals surface area (Å²) in [6.45, 7) is 0.995. The number of amides is 2. The van der Waals surface area contributed by atoms with Gasteiger partial charge >= 0.3 is 5.97 Å². The normalized spacial score (nSPS) is 14.3. The maximum atomic E-state index is 13.7. The van der Waals surface area contributed by atoms with Crippen molar-refractivity contribution < 1.29 is 33.0 Å². The standard InChI is InChI=1S/C21H18FNO6/c1-12(24)23-17-10-14(22)6-9-16(17)19(21(23)26)20(28-3)13-4-7-15(8-5-13)29-11-18(25)27-2/h4-10H,11H2,1-3H3/b20-19+. The molecule has 3 rings (SSSR count). The van der Waals surface area contributed by atoms with E-state index >= 15 is 0 Å². The van der Waals surface area contributed by atoms with E-state index in [0.717, 1.165) is 11.0 Å². The van der Waals surface area contributed by atoms with Crippen molar-refractivity contribution in [1.29, 1.82) is 0 Å². The third kappa shape index (κ3) is 3.82. The minimum atomic E-state index is -0.596. The number of hydrogen-bond acceptors (Lipinski definition) is 6. The van der Waals surface area contributed by atoms with Crippen molar-refractivity contribution in [2.75, 3.05) is 25.7 Å². The first-order valence-corrected chi connectivity index (χ1v) is 8.60. The Balaban J connectivity index is 2.03. The summed E-state index contributed by atoms with van der Waals surface area (Å²) in [6.07, 6.45) is 0. The predicted octanol–water partition coefficient (Wildman–Crippen LogP) is 2.79. The Morgan fingerprint density at radius 1 is 1.03 bits per heavy atom. The number of halogens is 1. The molecule has 2 aromatic rings. The van der Waals surface area contributed by atoms with Crippen molar-refractivity contribution in [3.63, 3.8) is 0 Å². The van der Waals surface area contributed by atoms with Crippen molar-refractivity contribution in [2.45, 2.75) is 6.92 Å². The van der Waals surface area contributed by atoms with E-state index in [1.807, 2.05) is 0 Å². The summed E-state index contributed by atoms with van der Waals surface area (Å²) >= 11 is 0. The fourth-order valence-corrected chi connectivity index (χ4v) is 3.04. The number of imide groups is 1. The molecule has 8 heteroatoms. The summed E-state index contributed by atoms with van der Waals surface area (Å²) < 4.78 is 29.0. The largest absolute Gasteiger partial charge is 0.495 e. The van der Waals surface area contributed by atoms with Gasteiger partial charge in [0.25, 0.3) is 5.91 Å². The van der Waals surface area contributed by atoms with Crippen LogP contribution in [0.15, 0.2) is 42.5 Å². The summed E-state index contributed by atoms with van der Waals surface area (Å²) in [4.78, 5) is 37.0. The van der Waals surface area contributed by atoms with Crippen LogP contribution in [0, 0.1) is 5.82 Å². The first kappa shape index (κ1) is 20.1. The molecule has 0 spiro atoms. The Hall–Kier alpha value is -3.68. The fourth-order valence-electron chi connectivity index (χ4n) is 3.04. The van der Waals surface area contributed by atoms with Crippen LogP contribution in [0.2, 0.25) is 0 Å². The molecule has 0 bridgehead atoms. The van der Waals surface area contributed by atoms with E-state index < -0.39 is 23.6 Å². The highest BCUT2D eigenvalue weighted by atomic mass is 19.1. The number of esters is 1. The second-order valence-electron chi connectivity index (χ2n) is 6.12. The van der Waals surface area contributed by atoms with Crippen LogP contribution in [0.1, 0.15) is 18.1 Å². The van der Waals surface area contributed by atoms with E-state index in [4.69, 9.17) is 9.47 Å². The van der Waals surface area contributed by atoms with Gasteiger partial charge < -0.3 is 14.2 Å². The van der Waals surface area contributed by atoms with Crippen molar-refractivity contribution in [1.82, 2.24) is 0 Å². The molecule has 0 aliphatic carbocycles. The summed E-state index contributed by atoms with van der Waals surface area (Å²) in [7, 11) is 2.66. The fraction of sp³-hybridized carbons (Fsp3) is 0.190. The van der Waals surface area contributed by atoms with Crippen molar-refractivity contribution in [2.24, 2.45) is 0 Å². The van der Waals surface area contributed by atoms with Crippen LogP contribution in [-0.4, -0.2) is 38.6 Å². The van der Waals surface area contributed by atoms with E-state index in [1.165, 1.54) is 33.3 Å². The Kier molecular flexibility index (Phi) is 5.63. The zero-order valence-electron chi connectivity index (χ0n) is 16.0. The number of methoxy groups -OCH3 is 2. The second kappa shape index (κ2) is 8.14. The van der Waals surface area contributed by atoms with Gasteiger partial charge in [0, 0.05) is 18.1 Å². The molecular weight excluding hydrogens is 381 g/mol. The number of carbonyl (C=O) groups excluding carboxylic acids is 3. The van der Waals surface area contributed by atoms with Crippen LogP contribution in [0.5, 0.6) is 5.75 Å². The smallest absolute Gasteiger partial charge is 0.343 e. The molecule has 0 aromatic heterocycles. The topological polar surface area (TPSA) is 82.1 Å². The first-order chi connectivity index (χ1) is 13.9. The molecule has 0 saturated heterocycles. The van der Waals surface area contributed by atoms with E-state index in [0.29, 0.717) is 16.9 Å². The quantitative estimate of drug-likeness (QED) is 0.437. The zero-order chi connectivity index (χ0) is 21.1. The third-order valence-corrected chi connectivity index (χ3v) is 4.33. The Morgan fingerprint density at radius 2 is 1.72 bits per heavy atom. The van der Waals surface area contributed by atoms with Crippen LogP contribution in [0.4, 0.5) is 10.1 Å². The third-order valence-electron chi connectivity index (χ3n) is 4.33. The molecule has 2 amide bonds. The Bertz CT molecular complexity index is 1010. The van der Waals surface area contributed by atoms with Crippen molar-refractivity contribution in [3.8, 4) is 5.75 Å². The van der Waals surface area contributed by atoms with E-state index in [2.05, 4.69) is 4.74 Å². The highest BCUT2D eigenvalue weighted by molar-refractivity contribution is 6.42. The van der Waals surface area contributed by atoms with E-state index in [9.17, 15) is 18.8 Å². The van der Waals surface area contributed by atoms with Crippen molar-refractivity contribution >= 4 is 34.8 Å². The maximum absolute atomic E-state index is 13.7. The number of fused-ring (bicyclic) bond motifs is 1. The van der Waals surface area contributed by atoms with Crippen LogP contribution in [0.3, 0.4) is 0 Å². The van der Waals surface area contributed by atoms with E-state index in [1.54, 1.807) is 24.3 Å². The van der Waals surface area contributed by atoms with E-state index in [-0.39, 0.29) is 23.6 Å². The lowest BCUT2D eigenvalue weighted by molar-refractivity contribution is -0.143. The number of carbonyl (C=O) groups is 3. The molecule has 0 unspecified atom stereocenters. The number of benzene rings is 2. The van der Waals surface area contributed by atoms with Gasteiger partial charge in [-0.25, -0.2) is 14.1 Å². The Morgan fingerprint density at radius 3 is 2.31 bits per heavy atom. The van der Waals surface area contributed by atoms with Gasteiger partial charge in [0.15, 0.2) is 6.61 Å². The molecule has 0 saturated carbocycles. The highest BCUT2D eigenvalue weighted by Crippen LogP contribution is 2.41. The van der Waals surface area contributed by atoms with Crippen LogP contribution < -0.4 is 9.64 Å². The van der Waals surface area contributed by atoms with Crippen LogP contribution in [0.25, 0.3) is 11.3 Å². The van der Waals surface area contributed by atoms with Gasteiger partial charge in [-0.05, 0) is 42.5 Å². The molecular formula is C21H18FNO6. The number of hydrogen-bond donors (Lipinski definition) is 0. The minimum absolute atomic E-state index is 0.154. The Labute approximate surface area is 166 Å². The molecule has 1 heterocycles. The molecule has 1 aliphatic heterocycles. The van der Waals surface area contributed by atoms with Gasteiger partial charge in [0.2, 0.25) is 5.91 Å². The van der Waals surface area contributed by atoms with Crippen molar-refractivity contribution in [3.05, 3.63) is 59.4 Å². The maximum Gasteiger partial charge on any atom is 0.343 e. The molecule has 0 fully saturated rings. The summed E-state index contributed by atoms with van der Waals surface area (Å²) in [6, 6.07) is 10.3. The average Bonchev–Trinajstić information content (AvgIpc) is 2.99. The van der Waals surface area contributed by atoms with Gasteiger partial charge in [-0.1, -0.05) is 0 Å². The lowest BCUT2D eigenvalue weighted by Gasteiger charge is -2.13. The molecule has 0 atom stereocenters. The molecule has 29 heavy (non-hydrogen) atoms. The molecule has 1 aliphatic rings. The van der Waals surface area contributed by atoms with Gasteiger partial charge in [-0.15, -0.1) is 0 Å². The van der Waals surface area contributed by atoms with Gasteiger partial charge in [-0.2, -0.15) is 0 Å². The number of nitrogens with zero attached hydrogens (tertiary/aromatic N) is 1. The predicted molar refractivity (Wildman–Crippen MR) is 102 cm³/mol. The summed E-state index contributed by atoms with van der Waals surface area (Å²) in [5, 5.41) is 0. The van der Waals surface area contributed by atoms with Crippen LogP contribution in [-0.2, 0) is 23.9 Å². The van der Waals surface area contributed by atoms with Gasteiger partial charge in [0.1, 0.15) is 17.3 Å². The summed E-state index contributed by atoms with van der Waals surface area (Å²) in [5.41, 5.74) is 1.27. The van der Waals surface area contributed by atoms with Crippen LogP contribution >= 0.6 is 0 Å².